The standard InChI is InChI=1S/C16H18N4O8/c1-5-19(6-2)16(23)27-10-7-9(14-17-8(3)28-18-14)11(15(22)26-4)12(13(10)21)20(24)25/h7,21H,5-6H2,1-4H3. The van der Waals surface area contributed by atoms with Crippen molar-refractivity contribution in [3.63, 3.8) is 0 Å². The van der Waals surface area contributed by atoms with Gasteiger partial charge in [-0.05, 0) is 19.9 Å². The van der Waals surface area contributed by atoms with E-state index in [4.69, 9.17) is 9.26 Å². The molecule has 150 valence electrons. The van der Waals surface area contributed by atoms with Crippen molar-refractivity contribution >= 4 is 17.7 Å². The number of hydrogen-bond acceptors (Lipinski definition) is 10. The number of benzene rings is 1. The first-order chi connectivity index (χ1) is 13.2. The summed E-state index contributed by atoms with van der Waals surface area (Å²) in [6.45, 7) is 5.52. The van der Waals surface area contributed by atoms with Crippen LogP contribution < -0.4 is 4.74 Å². The van der Waals surface area contributed by atoms with E-state index in [9.17, 15) is 24.8 Å². The lowest BCUT2D eigenvalue weighted by Crippen LogP contribution is -2.33. The van der Waals surface area contributed by atoms with Gasteiger partial charge < -0.3 is 24.0 Å². The zero-order chi connectivity index (χ0) is 21.0. The van der Waals surface area contributed by atoms with E-state index in [1.165, 1.54) is 11.8 Å². The summed E-state index contributed by atoms with van der Waals surface area (Å²) in [5, 5.41) is 25.5. The van der Waals surface area contributed by atoms with Crippen molar-refractivity contribution in [3.05, 3.63) is 27.6 Å². The van der Waals surface area contributed by atoms with E-state index in [2.05, 4.69) is 14.9 Å². The molecule has 0 bridgehead atoms. The van der Waals surface area contributed by atoms with Crippen LogP contribution in [0.1, 0.15) is 30.1 Å². The van der Waals surface area contributed by atoms with Crippen LogP contribution in [0.5, 0.6) is 11.5 Å². The zero-order valence-electron chi connectivity index (χ0n) is 15.6. The molecule has 2 aromatic rings. The largest absolute Gasteiger partial charge is 0.499 e. The summed E-state index contributed by atoms with van der Waals surface area (Å²) in [4.78, 5) is 40.2. The number of carbonyl (C=O) groups is 2. The predicted octanol–water partition coefficient (Wildman–Crippen LogP) is 2.29. The van der Waals surface area contributed by atoms with E-state index in [1.54, 1.807) is 13.8 Å². The molecule has 2 rings (SSSR count). The third-order valence-electron chi connectivity index (χ3n) is 3.80. The molecule has 1 aromatic heterocycles. The molecule has 0 unspecified atom stereocenters. The molecule has 0 spiro atoms. The number of nitro groups is 1. The van der Waals surface area contributed by atoms with Crippen molar-refractivity contribution in [2.45, 2.75) is 20.8 Å². The average Bonchev–Trinajstić information content (AvgIpc) is 3.09. The molecule has 0 radical (unpaired) electrons. The number of hydrogen-bond donors (Lipinski definition) is 1. The van der Waals surface area contributed by atoms with Crippen LogP contribution >= 0.6 is 0 Å². The monoisotopic (exact) mass is 394 g/mol. The van der Waals surface area contributed by atoms with Crippen LogP contribution in [-0.2, 0) is 4.74 Å². The maximum Gasteiger partial charge on any atom is 0.415 e. The van der Waals surface area contributed by atoms with Gasteiger partial charge in [-0.25, -0.2) is 9.59 Å². The molecule has 12 nitrogen and oxygen atoms in total. The number of carbonyl (C=O) groups excluding carboxylic acids is 2. The van der Waals surface area contributed by atoms with Crippen molar-refractivity contribution in [2.75, 3.05) is 20.2 Å². The van der Waals surface area contributed by atoms with Crippen LogP contribution in [0.4, 0.5) is 10.5 Å². The zero-order valence-corrected chi connectivity index (χ0v) is 15.6. The van der Waals surface area contributed by atoms with Gasteiger partial charge in [0.05, 0.1) is 12.0 Å². The van der Waals surface area contributed by atoms with Crippen LogP contribution in [0.2, 0.25) is 0 Å². The van der Waals surface area contributed by atoms with Gasteiger partial charge in [-0.15, -0.1) is 0 Å². The molecule has 0 saturated heterocycles. The van der Waals surface area contributed by atoms with Gasteiger partial charge in [-0.2, -0.15) is 4.98 Å². The normalized spacial score (nSPS) is 10.4. The average molecular weight is 394 g/mol. The second-order valence-electron chi connectivity index (χ2n) is 5.42. The van der Waals surface area contributed by atoms with E-state index in [1.807, 2.05) is 0 Å². The molecule has 0 saturated carbocycles. The molecule has 0 aliphatic rings. The second kappa shape index (κ2) is 8.33. The minimum Gasteiger partial charge on any atom is -0.499 e. The Bertz CT molecular complexity index is 920. The number of aromatic hydroxyl groups is 1. The van der Waals surface area contributed by atoms with Crippen molar-refractivity contribution in [1.82, 2.24) is 15.0 Å². The van der Waals surface area contributed by atoms with Gasteiger partial charge in [0.2, 0.25) is 17.5 Å². The van der Waals surface area contributed by atoms with Gasteiger partial charge in [-0.3, -0.25) is 10.1 Å². The molecule has 0 aliphatic heterocycles. The Balaban J connectivity index is 2.74. The Hall–Kier alpha value is -3.70. The molecule has 1 aromatic carbocycles. The van der Waals surface area contributed by atoms with E-state index in [-0.39, 0.29) is 17.3 Å². The van der Waals surface area contributed by atoms with Crippen LogP contribution in [0.15, 0.2) is 10.6 Å². The highest BCUT2D eigenvalue weighted by Crippen LogP contribution is 2.44. The van der Waals surface area contributed by atoms with Crippen LogP contribution in [0.25, 0.3) is 11.4 Å². The number of nitrogens with zero attached hydrogens (tertiary/aromatic N) is 4. The van der Waals surface area contributed by atoms with Gasteiger partial charge in [0.25, 0.3) is 0 Å². The number of amides is 1. The molecule has 1 heterocycles. The van der Waals surface area contributed by atoms with Crippen molar-refractivity contribution in [1.29, 1.82) is 0 Å². The number of aryl methyl sites for hydroxylation is 1. The summed E-state index contributed by atoms with van der Waals surface area (Å²) >= 11 is 0. The summed E-state index contributed by atoms with van der Waals surface area (Å²) in [6.07, 6.45) is -0.837. The third-order valence-corrected chi connectivity index (χ3v) is 3.80. The molecule has 1 N–H and O–H groups in total. The Labute approximate surface area is 158 Å². The number of rotatable bonds is 6. The molecule has 12 heteroatoms. The SMILES string of the molecule is CCN(CC)C(=O)Oc1cc(-c2noc(C)n2)c(C(=O)OC)c([N+](=O)[O-])c1O. The Kier molecular flexibility index (Phi) is 6.13. The summed E-state index contributed by atoms with van der Waals surface area (Å²) in [6, 6.07) is 1.04. The van der Waals surface area contributed by atoms with E-state index >= 15 is 0 Å². The Morgan fingerprint density at radius 3 is 2.46 bits per heavy atom. The summed E-state index contributed by atoms with van der Waals surface area (Å²) in [7, 11) is 1.02. The lowest BCUT2D eigenvalue weighted by molar-refractivity contribution is -0.386. The van der Waals surface area contributed by atoms with Crippen LogP contribution in [0.3, 0.4) is 0 Å². The van der Waals surface area contributed by atoms with Gasteiger partial charge in [0, 0.05) is 25.6 Å². The minimum absolute atomic E-state index is 0.128. The number of nitro benzene ring substituents is 1. The predicted molar refractivity (Wildman–Crippen MR) is 93.1 cm³/mol. The fraction of sp³-hybridized carbons (Fsp3) is 0.375. The quantitative estimate of drug-likeness (QED) is 0.437. The number of esters is 1. The van der Waals surface area contributed by atoms with Gasteiger partial charge >= 0.3 is 17.7 Å². The van der Waals surface area contributed by atoms with Gasteiger partial charge in [0.1, 0.15) is 0 Å². The van der Waals surface area contributed by atoms with E-state index in [0.29, 0.717) is 13.1 Å². The number of ether oxygens (including phenoxy) is 2. The highest BCUT2D eigenvalue weighted by Gasteiger charge is 2.35. The first-order valence-corrected chi connectivity index (χ1v) is 8.15. The summed E-state index contributed by atoms with van der Waals surface area (Å²) < 4.78 is 14.6. The Morgan fingerprint density at radius 2 is 2.00 bits per heavy atom. The fourth-order valence-corrected chi connectivity index (χ4v) is 2.42. The molecular weight excluding hydrogens is 376 g/mol. The van der Waals surface area contributed by atoms with Gasteiger partial charge in [-0.1, -0.05) is 5.16 Å². The Morgan fingerprint density at radius 1 is 1.36 bits per heavy atom. The van der Waals surface area contributed by atoms with Crippen molar-refractivity contribution in [3.8, 4) is 22.9 Å². The molecule has 0 fully saturated rings. The fourth-order valence-electron chi connectivity index (χ4n) is 2.42. The molecule has 0 aliphatic carbocycles. The smallest absolute Gasteiger partial charge is 0.415 e. The summed E-state index contributed by atoms with van der Waals surface area (Å²) in [5.74, 6) is -2.70. The number of aromatic nitrogens is 2. The topological polar surface area (TPSA) is 158 Å². The molecule has 1 amide bonds. The number of phenolic OH excluding ortho intramolecular Hbond substituents is 1. The van der Waals surface area contributed by atoms with Crippen molar-refractivity contribution < 1.29 is 33.6 Å². The first-order valence-electron chi connectivity index (χ1n) is 8.15. The third kappa shape index (κ3) is 3.84. The van der Waals surface area contributed by atoms with E-state index in [0.717, 1.165) is 13.2 Å². The summed E-state index contributed by atoms with van der Waals surface area (Å²) in [5.41, 5.74) is -1.81. The maximum atomic E-state index is 12.2. The van der Waals surface area contributed by atoms with E-state index < -0.39 is 39.7 Å². The maximum absolute atomic E-state index is 12.2. The number of phenols is 1. The van der Waals surface area contributed by atoms with Crippen molar-refractivity contribution in [2.24, 2.45) is 0 Å². The van der Waals surface area contributed by atoms with Crippen LogP contribution in [0, 0.1) is 17.0 Å². The highest BCUT2D eigenvalue weighted by molar-refractivity contribution is 6.02. The molecular formula is C16H18N4O8. The molecule has 0 atom stereocenters. The minimum atomic E-state index is -1.11. The van der Waals surface area contributed by atoms with Gasteiger partial charge in [0.15, 0.2) is 11.3 Å². The highest BCUT2D eigenvalue weighted by atomic mass is 16.6. The second-order valence-corrected chi connectivity index (χ2v) is 5.42. The lowest BCUT2D eigenvalue weighted by Gasteiger charge is -2.19. The molecule has 28 heavy (non-hydrogen) atoms. The van der Waals surface area contributed by atoms with Crippen LogP contribution in [-0.4, -0.2) is 57.3 Å². The lowest BCUT2D eigenvalue weighted by atomic mass is 10.0. The number of methoxy groups -OCH3 is 1. The first kappa shape index (κ1) is 20.6.